The molecule has 0 amide bonds. The van der Waals surface area contributed by atoms with E-state index < -0.39 is 5.97 Å². The van der Waals surface area contributed by atoms with Crippen LogP contribution < -0.4 is 5.73 Å². The molecular weight excluding hydrogens is 184 g/mol. The Morgan fingerprint density at radius 3 is 2.93 bits per heavy atom. The smallest absolute Gasteiger partial charge is 0.317 e. The number of hydrogen-bond donors (Lipinski definition) is 2. The van der Waals surface area contributed by atoms with Crippen molar-refractivity contribution in [1.82, 2.24) is 9.80 Å². The molecule has 0 bridgehead atoms. The Bertz CT molecular complexity index is 306. The summed E-state index contributed by atoms with van der Waals surface area (Å²) in [6.07, 6.45) is 3.44. The highest BCUT2D eigenvalue weighted by Crippen LogP contribution is 2.13. The quantitative estimate of drug-likeness (QED) is 0.583. The van der Waals surface area contributed by atoms with Crippen LogP contribution in [0.2, 0.25) is 0 Å². The van der Waals surface area contributed by atoms with Crippen LogP contribution in [-0.2, 0) is 4.79 Å². The predicted octanol–water partition coefficient (Wildman–Crippen LogP) is -1.14. The molecule has 0 saturated carbocycles. The summed E-state index contributed by atoms with van der Waals surface area (Å²) in [7, 11) is 0. The van der Waals surface area contributed by atoms with Crippen LogP contribution in [-0.4, -0.2) is 52.8 Å². The third kappa shape index (κ3) is 1.75. The fourth-order valence-electron chi connectivity index (χ4n) is 1.49. The third-order valence-corrected chi connectivity index (χ3v) is 2.15. The summed E-state index contributed by atoms with van der Waals surface area (Å²) < 4.78 is 0. The fraction of sp³-hybridized carbons (Fsp3) is 0.500. The zero-order valence-corrected chi connectivity index (χ0v) is 7.63. The highest BCUT2D eigenvalue weighted by atomic mass is 16.4. The topological polar surface area (TPSA) is 82.2 Å². The molecule has 2 aliphatic heterocycles. The summed E-state index contributed by atoms with van der Waals surface area (Å²) >= 11 is 0. The van der Waals surface area contributed by atoms with Gasteiger partial charge in [0.25, 0.3) is 0 Å². The van der Waals surface area contributed by atoms with Crippen molar-refractivity contribution in [3.63, 3.8) is 0 Å². The Hall–Kier alpha value is -1.40. The number of carboxylic acid groups (broad SMARTS) is 1. The van der Waals surface area contributed by atoms with Crippen molar-refractivity contribution in [2.75, 3.05) is 19.9 Å². The number of hydrogen-bond acceptors (Lipinski definition) is 5. The van der Waals surface area contributed by atoms with Gasteiger partial charge in [-0.05, 0) is 12.2 Å². The van der Waals surface area contributed by atoms with E-state index in [-0.39, 0.29) is 12.7 Å². The van der Waals surface area contributed by atoms with Crippen molar-refractivity contribution in [1.29, 1.82) is 0 Å². The van der Waals surface area contributed by atoms with E-state index in [4.69, 9.17) is 10.8 Å². The first-order valence-corrected chi connectivity index (χ1v) is 4.36. The van der Waals surface area contributed by atoms with Crippen molar-refractivity contribution in [2.45, 2.75) is 6.17 Å². The molecule has 0 aromatic carbocycles. The van der Waals surface area contributed by atoms with Gasteiger partial charge in [0.1, 0.15) is 12.0 Å². The molecule has 0 aromatic heterocycles. The number of aliphatic imine (C=N–C) groups is 1. The molecule has 3 N–H and O–H groups in total. The van der Waals surface area contributed by atoms with E-state index in [1.165, 1.54) is 0 Å². The molecule has 0 aliphatic carbocycles. The Labute approximate surface area is 81.3 Å². The Morgan fingerprint density at radius 2 is 2.43 bits per heavy atom. The molecule has 2 rings (SSSR count). The summed E-state index contributed by atoms with van der Waals surface area (Å²) in [4.78, 5) is 18.3. The maximum absolute atomic E-state index is 10.4. The van der Waals surface area contributed by atoms with E-state index >= 15 is 0 Å². The summed E-state index contributed by atoms with van der Waals surface area (Å²) in [5, 5.41) is 8.52. The lowest BCUT2D eigenvalue weighted by molar-refractivity contribution is -0.141. The first kappa shape index (κ1) is 9.17. The number of nitrogens with zero attached hydrogens (tertiary/aromatic N) is 3. The lowest BCUT2D eigenvalue weighted by Gasteiger charge is -2.42. The summed E-state index contributed by atoms with van der Waals surface area (Å²) in [6, 6.07) is 0. The van der Waals surface area contributed by atoms with E-state index in [2.05, 4.69) is 4.99 Å². The second-order valence-electron chi connectivity index (χ2n) is 3.38. The lowest BCUT2D eigenvalue weighted by Crippen LogP contribution is -2.58. The number of amidine groups is 1. The number of nitrogens with two attached hydrogens (primary N) is 1. The Morgan fingerprint density at radius 1 is 1.71 bits per heavy atom. The molecular formula is C8H12N4O2. The average molecular weight is 196 g/mol. The number of carboxylic acids is 1. The van der Waals surface area contributed by atoms with Crippen molar-refractivity contribution >= 4 is 11.8 Å². The number of rotatable bonds is 2. The minimum absolute atomic E-state index is 0.0829. The minimum atomic E-state index is -0.801. The predicted molar refractivity (Wildman–Crippen MR) is 50.5 cm³/mol. The Kier molecular flexibility index (Phi) is 2.22. The van der Waals surface area contributed by atoms with Crippen LogP contribution in [0.5, 0.6) is 0 Å². The number of aliphatic carboxylic acids is 1. The molecule has 0 radical (unpaired) electrons. The van der Waals surface area contributed by atoms with Crippen molar-refractivity contribution < 1.29 is 9.90 Å². The molecule has 1 saturated heterocycles. The molecule has 6 nitrogen and oxygen atoms in total. The van der Waals surface area contributed by atoms with Gasteiger partial charge in [0.15, 0.2) is 0 Å². The van der Waals surface area contributed by atoms with E-state index in [0.29, 0.717) is 13.3 Å². The highest BCUT2D eigenvalue weighted by molar-refractivity contribution is 5.95. The maximum atomic E-state index is 10.4. The molecule has 6 heteroatoms. The molecule has 2 aliphatic rings. The van der Waals surface area contributed by atoms with Crippen LogP contribution in [0.1, 0.15) is 0 Å². The highest BCUT2D eigenvalue weighted by Gasteiger charge is 2.28. The van der Waals surface area contributed by atoms with Crippen molar-refractivity contribution in [3.05, 3.63) is 12.2 Å². The molecule has 76 valence electrons. The first-order chi connectivity index (χ1) is 6.65. The lowest BCUT2D eigenvalue weighted by atomic mass is 10.4. The van der Waals surface area contributed by atoms with Crippen LogP contribution in [0.15, 0.2) is 17.1 Å². The van der Waals surface area contributed by atoms with Gasteiger partial charge in [-0.2, -0.15) is 0 Å². The minimum Gasteiger partial charge on any atom is -0.480 e. The zero-order valence-electron chi connectivity index (χ0n) is 7.63. The van der Waals surface area contributed by atoms with E-state index in [1.807, 2.05) is 22.0 Å². The normalized spacial score (nSPS) is 26.2. The van der Waals surface area contributed by atoms with Crippen molar-refractivity contribution in [2.24, 2.45) is 10.7 Å². The zero-order chi connectivity index (χ0) is 10.1. The second-order valence-corrected chi connectivity index (χ2v) is 3.38. The van der Waals surface area contributed by atoms with Crippen molar-refractivity contribution in [3.8, 4) is 0 Å². The second kappa shape index (κ2) is 3.39. The van der Waals surface area contributed by atoms with Gasteiger partial charge in [0.05, 0.1) is 19.9 Å². The van der Waals surface area contributed by atoms with Gasteiger partial charge < -0.3 is 15.7 Å². The third-order valence-electron chi connectivity index (χ3n) is 2.15. The summed E-state index contributed by atoms with van der Waals surface area (Å²) in [5.41, 5.74) is 5.55. The summed E-state index contributed by atoms with van der Waals surface area (Å²) in [6.45, 7) is 1.31. The number of carbonyl (C=O) groups is 1. The Balaban J connectivity index is 1.81. The molecule has 1 atom stereocenters. The van der Waals surface area contributed by atoms with Crippen LogP contribution in [0.3, 0.4) is 0 Å². The molecule has 2 heterocycles. The van der Waals surface area contributed by atoms with Gasteiger partial charge in [-0.1, -0.05) is 0 Å². The SMILES string of the molecule is NC1C=CC(N2CN(CC(=O)O)C2)=N1. The van der Waals surface area contributed by atoms with Gasteiger partial charge in [-0.25, -0.2) is 4.99 Å². The van der Waals surface area contributed by atoms with Gasteiger partial charge in [0.2, 0.25) is 0 Å². The molecule has 0 spiro atoms. The standard InChI is InChI=1S/C8H12N4O2/c9-6-1-2-7(10-6)12-4-11(5-12)3-8(13)14/h1-2,6H,3-5,9H2,(H,13,14). The molecule has 14 heavy (non-hydrogen) atoms. The van der Waals surface area contributed by atoms with Crippen LogP contribution in [0.4, 0.5) is 0 Å². The monoisotopic (exact) mass is 196 g/mol. The largest absolute Gasteiger partial charge is 0.480 e. The maximum Gasteiger partial charge on any atom is 0.317 e. The van der Waals surface area contributed by atoms with Gasteiger partial charge in [-0.3, -0.25) is 9.69 Å². The van der Waals surface area contributed by atoms with E-state index in [1.54, 1.807) is 0 Å². The van der Waals surface area contributed by atoms with E-state index in [0.717, 1.165) is 5.84 Å². The van der Waals surface area contributed by atoms with E-state index in [9.17, 15) is 4.79 Å². The van der Waals surface area contributed by atoms with Crippen LogP contribution in [0.25, 0.3) is 0 Å². The van der Waals surface area contributed by atoms with Crippen LogP contribution in [0, 0.1) is 0 Å². The van der Waals surface area contributed by atoms with Gasteiger partial charge >= 0.3 is 5.97 Å². The first-order valence-electron chi connectivity index (χ1n) is 4.36. The molecule has 1 unspecified atom stereocenters. The summed E-state index contributed by atoms with van der Waals surface area (Å²) in [5.74, 6) is 0.0457. The molecule has 1 fully saturated rings. The van der Waals surface area contributed by atoms with Gasteiger partial charge in [-0.15, -0.1) is 0 Å². The molecule has 0 aromatic rings. The fourth-order valence-corrected chi connectivity index (χ4v) is 1.49. The average Bonchev–Trinajstić information content (AvgIpc) is 2.42. The van der Waals surface area contributed by atoms with Crippen LogP contribution >= 0.6 is 0 Å². The van der Waals surface area contributed by atoms with Gasteiger partial charge in [0, 0.05) is 0 Å².